The van der Waals surface area contributed by atoms with E-state index in [4.69, 9.17) is 9.97 Å². The first kappa shape index (κ1) is 31.6. The van der Waals surface area contributed by atoms with Crippen molar-refractivity contribution in [3.05, 3.63) is 200 Å². The van der Waals surface area contributed by atoms with Gasteiger partial charge in [0.05, 0.1) is 38.8 Å². The normalized spacial score (nSPS) is 11.9. The van der Waals surface area contributed by atoms with E-state index in [0.29, 0.717) is 5.82 Å². The standard InChI is InChI=1S/C52H33N5/c1-7-19-46-39(13-1)40-14-2-8-20-47(40)55(46)36-27-25-34(26-28-36)52-53-30-29-45(54-52)35-31-37(56-48-21-9-3-15-41(48)42-16-4-10-22-49(42)56)33-38(32-35)57-50-23-11-5-17-43(50)44-18-6-12-24-51(44)57/h1-33H. The van der Waals surface area contributed by atoms with Gasteiger partial charge in [0, 0.05) is 66.7 Å². The first-order chi connectivity index (χ1) is 28.3. The summed E-state index contributed by atoms with van der Waals surface area (Å²) in [4.78, 5) is 10.1. The third-order valence-corrected chi connectivity index (χ3v) is 11.5. The highest BCUT2D eigenvalue weighted by Crippen LogP contribution is 2.38. The Labute approximate surface area is 328 Å². The lowest BCUT2D eigenvalue weighted by atomic mass is 10.1. The molecule has 5 nitrogen and oxygen atoms in total. The average molecular weight is 728 g/mol. The Bertz CT molecular complexity index is 3240. The molecule has 0 saturated heterocycles. The van der Waals surface area contributed by atoms with Crippen LogP contribution in [0.15, 0.2) is 200 Å². The van der Waals surface area contributed by atoms with Crippen molar-refractivity contribution in [2.24, 2.45) is 0 Å². The second-order valence-corrected chi connectivity index (χ2v) is 14.7. The number of para-hydroxylation sites is 6. The van der Waals surface area contributed by atoms with Crippen molar-refractivity contribution < 1.29 is 0 Å². The zero-order chi connectivity index (χ0) is 37.5. The molecule has 4 aromatic heterocycles. The molecular formula is C52H33N5. The molecule has 0 radical (unpaired) electrons. The van der Waals surface area contributed by atoms with Gasteiger partial charge in [-0.05, 0) is 84.9 Å². The van der Waals surface area contributed by atoms with Crippen LogP contribution in [-0.2, 0) is 0 Å². The van der Waals surface area contributed by atoms with Gasteiger partial charge in [0.25, 0.3) is 0 Å². The van der Waals surface area contributed by atoms with Gasteiger partial charge >= 0.3 is 0 Å². The van der Waals surface area contributed by atoms with E-state index in [0.717, 1.165) is 55.9 Å². The Kier molecular flexibility index (Phi) is 6.86. The lowest BCUT2D eigenvalue weighted by molar-refractivity contribution is 1.13. The van der Waals surface area contributed by atoms with E-state index in [-0.39, 0.29) is 0 Å². The van der Waals surface area contributed by atoms with Crippen LogP contribution in [0.4, 0.5) is 0 Å². The third kappa shape index (κ3) is 4.82. The van der Waals surface area contributed by atoms with E-state index in [1.165, 1.54) is 43.4 Å². The van der Waals surface area contributed by atoms with Gasteiger partial charge in [-0.25, -0.2) is 9.97 Å². The Morgan fingerprint density at radius 3 is 1.04 bits per heavy atom. The SMILES string of the molecule is c1ccc2c(c1)c1ccccc1n2-c1ccc(-c2nccc(-c3cc(-n4c5ccccc5c5ccccc54)cc(-n4c5ccccc5c5ccccc54)c3)n2)cc1. The van der Waals surface area contributed by atoms with Crippen LogP contribution < -0.4 is 0 Å². The van der Waals surface area contributed by atoms with E-state index in [1.54, 1.807) is 0 Å². The number of nitrogens with zero attached hydrogens (tertiary/aromatic N) is 5. The minimum atomic E-state index is 0.682. The molecule has 4 heterocycles. The fourth-order valence-corrected chi connectivity index (χ4v) is 9.02. The summed E-state index contributed by atoms with van der Waals surface area (Å²) in [5.41, 5.74) is 13.1. The van der Waals surface area contributed by atoms with Crippen LogP contribution >= 0.6 is 0 Å². The highest BCUT2D eigenvalue weighted by atomic mass is 15.0. The molecule has 0 aliphatic carbocycles. The minimum Gasteiger partial charge on any atom is -0.309 e. The number of hydrogen-bond donors (Lipinski definition) is 0. The second kappa shape index (κ2) is 12.4. The summed E-state index contributed by atoms with van der Waals surface area (Å²) in [5.74, 6) is 0.682. The molecule has 0 amide bonds. The lowest BCUT2D eigenvalue weighted by Gasteiger charge is -2.16. The highest BCUT2D eigenvalue weighted by Gasteiger charge is 2.18. The van der Waals surface area contributed by atoms with Gasteiger partial charge in [0.15, 0.2) is 5.82 Å². The van der Waals surface area contributed by atoms with Gasteiger partial charge < -0.3 is 13.7 Å². The van der Waals surface area contributed by atoms with Gasteiger partial charge in [-0.3, -0.25) is 0 Å². The predicted molar refractivity (Wildman–Crippen MR) is 236 cm³/mol. The Balaban J connectivity index is 1.04. The maximum absolute atomic E-state index is 5.26. The van der Waals surface area contributed by atoms with E-state index >= 15 is 0 Å². The molecule has 0 bridgehead atoms. The number of benzene rings is 8. The van der Waals surface area contributed by atoms with Crippen molar-refractivity contribution in [1.82, 2.24) is 23.7 Å². The summed E-state index contributed by atoms with van der Waals surface area (Å²) < 4.78 is 7.12. The smallest absolute Gasteiger partial charge is 0.159 e. The van der Waals surface area contributed by atoms with Crippen molar-refractivity contribution in [2.75, 3.05) is 0 Å². The number of rotatable bonds is 5. The second-order valence-electron chi connectivity index (χ2n) is 14.7. The maximum atomic E-state index is 5.26. The quantitative estimate of drug-likeness (QED) is 0.177. The summed E-state index contributed by atoms with van der Waals surface area (Å²) in [7, 11) is 0. The predicted octanol–water partition coefficient (Wildman–Crippen LogP) is 13.1. The molecule has 8 aromatic carbocycles. The van der Waals surface area contributed by atoms with Crippen molar-refractivity contribution >= 4 is 65.4 Å². The molecule has 0 unspecified atom stereocenters. The van der Waals surface area contributed by atoms with Crippen LogP contribution in [0.25, 0.3) is 105 Å². The zero-order valence-corrected chi connectivity index (χ0v) is 30.8. The molecule has 5 heteroatoms. The third-order valence-electron chi connectivity index (χ3n) is 11.5. The van der Waals surface area contributed by atoms with Crippen LogP contribution in [0.2, 0.25) is 0 Å². The van der Waals surface area contributed by atoms with Crippen molar-refractivity contribution in [2.45, 2.75) is 0 Å². The Morgan fingerprint density at radius 2 is 0.649 bits per heavy atom. The minimum absolute atomic E-state index is 0.682. The molecular weight excluding hydrogens is 695 g/mol. The maximum Gasteiger partial charge on any atom is 0.159 e. The molecule has 266 valence electrons. The summed E-state index contributed by atoms with van der Waals surface area (Å²) in [6, 6.07) is 69.4. The molecule has 57 heavy (non-hydrogen) atoms. The molecule has 0 aliphatic heterocycles. The summed E-state index contributed by atoms with van der Waals surface area (Å²) in [5, 5.41) is 7.40. The van der Waals surface area contributed by atoms with Crippen molar-refractivity contribution in [3.63, 3.8) is 0 Å². The number of fused-ring (bicyclic) bond motifs is 9. The molecule has 12 rings (SSSR count). The van der Waals surface area contributed by atoms with Crippen LogP contribution in [0, 0.1) is 0 Å². The number of aromatic nitrogens is 5. The van der Waals surface area contributed by atoms with Gasteiger partial charge in [0.2, 0.25) is 0 Å². The summed E-state index contributed by atoms with van der Waals surface area (Å²) in [6.45, 7) is 0. The fourth-order valence-electron chi connectivity index (χ4n) is 9.02. The van der Waals surface area contributed by atoms with Crippen LogP contribution in [0.1, 0.15) is 0 Å². The van der Waals surface area contributed by atoms with Gasteiger partial charge in [-0.15, -0.1) is 0 Å². The van der Waals surface area contributed by atoms with E-state index < -0.39 is 0 Å². The molecule has 0 saturated carbocycles. The van der Waals surface area contributed by atoms with Crippen LogP contribution in [0.3, 0.4) is 0 Å². The molecule has 0 fully saturated rings. The van der Waals surface area contributed by atoms with E-state index in [9.17, 15) is 0 Å². The topological polar surface area (TPSA) is 40.6 Å². The first-order valence-corrected chi connectivity index (χ1v) is 19.3. The molecule has 0 atom stereocenters. The van der Waals surface area contributed by atoms with E-state index in [2.05, 4.69) is 202 Å². The number of hydrogen-bond acceptors (Lipinski definition) is 2. The highest BCUT2D eigenvalue weighted by molar-refractivity contribution is 6.11. The van der Waals surface area contributed by atoms with E-state index in [1.807, 2.05) is 12.3 Å². The first-order valence-electron chi connectivity index (χ1n) is 19.3. The van der Waals surface area contributed by atoms with Gasteiger partial charge in [0.1, 0.15) is 0 Å². The molecule has 12 aromatic rings. The van der Waals surface area contributed by atoms with Crippen LogP contribution in [-0.4, -0.2) is 23.7 Å². The van der Waals surface area contributed by atoms with Gasteiger partial charge in [-0.2, -0.15) is 0 Å². The van der Waals surface area contributed by atoms with Gasteiger partial charge in [-0.1, -0.05) is 109 Å². The van der Waals surface area contributed by atoms with Crippen molar-refractivity contribution in [1.29, 1.82) is 0 Å². The largest absolute Gasteiger partial charge is 0.309 e. The molecule has 0 N–H and O–H groups in total. The fraction of sp³-hybridized carbons (Fsp3) is 0. The molecule has 0 aliphatic rings. The zero-order valence-electron chi connectivity index (χ0n) is 30.8. The Hall–Kier alpha value is -7.76. The lowest BCUT2D eigenvalue weighted by Crippen LogP contribution is -2.01. The Morgan fingerprint density at radius 1 is 0.298 bits per heavy atom. The monoisotopic (exact) mass is 727 g/mol. The van der Waals surface area contributed by atoms with Crippen LogP contribution in [0.5, 0.6) is 0 Å². The summed E-state index contributed by atoms with van der Waals surface area (Å²) >= 11 is 0. The average Bonchev–Trinajstić information content (AvgIpc) is 3.92. The molecule has 0 spiro atoms. The summed E-state index contributed by atoms with van der Waals surface area (Å²) in [6.07, 6.45) is 1.88. The van der Waals surface area contributed by atoms with Crippen molar-refractivity contribution in [3.8, 4) is 39.7 Å².